The summed E-state index contributed by atoms with van der Waals surface area (Å²) in [6, 6.07) is 0. The lowest BCUT2D eigenvalue weighted by atomic mass is 9.75. The molecule has 0 bridgehead atoms. The second-order valence-electron chi connectivity index (χ2n) is 5.45. The molecule has 100 valence electrons. The van der Waals surface area contributed by atoms with Gasteiger partial charge in [0.2, 0.25) is 0 Å². The van der Waals surface area contributed by atoms with Crippen molar-refractivity contribution in [2.24, 2.45) is 18.2 Å². The largest absolute Gasteiger partial charge is 0.338 e. The number of aromatic nitrogens is 2. The maximum absolute atomic E-state index is 12.6. The van der Waals surface area contributed by atoms with Crippen LogP contribution in [0.3, 0.4) is 0 Å². The molecule has 0 radical (unpaired) electrons. The first-order valence-electron chi connectivity index (χ1n) is 6.87. The first kappa shape index (κ1) is 13.3. The first-order valence-corrected chi connectivity index (χ1v) is 6.87. The standard InChI is InChI=1S/C14H23N3O/c1-17-9-8-16-13(17)10-12(18)14(11-15)6-4-2-3-5-7-14/h8-9H,2-7,10-11,15H2,1H3. The zero-order valence-electron chi connectivity index (χ0n) is 11.2. The van der Waals surface area contributed by atoms with Gasteiger partial charge in [-0.1, -0.05) is 25.7 Å². The van der Waals surface area contributed by atoms with E-state index in [-0.39, 0.29) is 11.2 Å². The number of carbonyl (C=O) groups excluding carboxylic acids is 1. The molecule has 0 amide bonds. The zero-order valence-corrected chi connectivity index (χ0v) is 11.2. The summed E-state index contributed by atoms with van der Waals surface area (Å²) >= 11 is 0. The van der Waals surface area contributed by atoms with Gasteiger partial charge in [0, 0.05) is 31.4 Å². The van der Waals surface area contributed by atoms with E-state index >= 15 is 0 Å². The summed E-state index contributed by atoms with van der Waals surface area (Å²) in [5.74, 6) is 1.12. The Labute approximate surface area is 109 Å². The summed E-state index contributed by atoms with van der Waals surface area (Å²) in [7, 11) is 1.93. The van der Waals surface area contributed by atoms with Gasteiger partial charge in [-0.25, -0.2) is 4.98 Å². The number of hydrogen-bond donors (Lipinski definition) is 1. The molecule has 1 fully saturated rings. The monoisotopic (exact) mass is 249 g/mol. The number of ketones is 1. The highest BCUT2D eigenvalue weighted by molar-refractivity contribution is 5.86. The van der Waals surface area contributed by atoms with Crippen LogP contribution >= 0.6 is 0 Å². The number of carbonyl (C=O) groups is 1. The molecule has 4 heteroatoms. The van der Waals surface area contributed by atoms with Gasteiger partial charge in [0.15, 0.2) is 0 Å². The molecule has 4 nitrogen and oxygen atoms in total. The molecule has 1 aliphatic rings. The molecule has 2 rings (SSSR count). The van der Waals surface area contributed by atoms with Crippen molar-refractivity contribution in [2.75, 3.05) is 6.54 Å². The Balaban J connectivity index is 2.11. The molecule has 0 unspecified atom stereocenters. The molecule has 18 heavy (non-hydrogen) atoms. The summed E-state index contributed by atoms with van der Waals surface area (Å²) in [6.07, 6.45) is 10.7. The van der Waals surface area contributed by atoms with E-state index in [0.717, 1.165) is 31.5 Å². The summed E-state index contributed by atoms with van der Waals surface area (Å²) < 4.78 is 1.92. The van der Waals surface area contributed by atoms with Gasteiger partial charge < -0.3 is 10.3 Å². The van der Waals surface area contributed by atoms with Crippen LogP contribution in [0.4, 0.5) is 0 Å². The quantitative estimate of drug-likeness (QED) is 0.828. The van der Waals surface area contributed by atoms with Crippen molar-refractivity contribution in [1.82, 2.24) is 9.55 Å². The summed E-state index contributed by atoms with van der Waals surface area (Å²) in [5, 5.41) is 0. The maximum Gasteiger partial charge on any atom is 0.147 e. The fourth-order valence-corrected chi connectivity index (χ4v) is 2.90. The fourth-order valence-electron chi connectivity index (χ4n) is 2.90. The van der Waals surface area contributed by atoms with Gasteiger partial charge in [0.25, 0.3) is 0 Å². The zero-order chi connectivity index (χ0) is 13.0. The Hall–Kier alpha value is -1.16. The highest BCUT2D eigenvalue weighted by Crippen LogP contribution is 2.35. The van der Waals surface area contributed by atoms with Crippen LogP contribution in [0, 0.1) is 5.41 Å². The molecule has 1 aromatic rings. The molecule has 1 aromatic heterocycles. The third kappa shape index (κ3) is 2.64. The Kier molecular flexibility index (Phi) is 4.17. The molecular formula is C14H23N3O. The second kappa shape index (κ2) is 5.65. The van der Waals surface area contributed by atoms with Crippen molar-refractivity contribution in [1.29, 1.82) is 0 Å². The topological polar surface area (TPSA) is 60.9 Å². The Morgan fingerprint density at radius 1 is 1.39 bits per heavy atom. The average molecular weight is 249 g/mol. The van der Waals surface area contributed by atoms with E-state index in [1.54, 1.807) is 6.20 Å². The SMILES string of the molecule is Cn1ccnc1CC(=O)C1(CN)CCCCCC1. The number of imidazole rings is 1. The summed E-state index contributed by atoms with van der Waals surface area (Å²) in [4.78, 5) is 16.8. The van der Waals surface area contributed by atoms with Gasteiger partial charge in [0.1, 0.15) is 11.6 Å². The van der Waals surface area contributed by atoms with Crippen LogP contribution in [0.15, 0.2) is 12.4 Å². The van der Waals surface area contributed by atoms with Crippen molar-refractivity contribution in [3.8, 4) is 0 Å². The van der Waals surface area contributed by atoms with Crippen LogP contribution in [0.1, 0.15) is 44.3 Å². The van der Waals surface area contributed by atoms with Crippen molar-refractivity contribution in [2.45, 2.75) is 44.9 Å². The molecule has 1 heterocycles. The average Bonchev–Trinajstić information content (AvgIpc) is 2.66. The van der Waals surface area contributed by atoms with Gasteiger partial charge in [0.05, 0.1) is 6.42 Å². The Morgan fingerprint density at radius 3 is 2.56 bits per heavy atom. The van der Waals surface area contributed by atoms with E-state index in [4.69, 9.17) is 5.73 Å². The highest BCUT2D eigenvalue weighted by Gasteiger charge is 2.37. The van der Waals surface area contributed by atoms with Crippen molar-refractivity contribution in [3.05, 3.63) is 18.2 Å². The van der Waals surface area contributed by atoms with E-state index < -0.39 is 0 Å². The van der Waals surface area contributed by atoms with Crippen LogP contribution in [0.5, 0.6) is 0 Å². The molecule has 0 spiro atoms. The molecule has 1 saturated carbocycles. The number of Topliss-reactive ketones (excluding diaryl/α,β-unsaturated/α-hetero) is 1. The third-order valence-electron chi connectivity index (χ3n) is 4.28. The van der Waals surface area contributed by atoms with Crippen LogP contribution < -0.4 is 5.73 Å². The molecule has 2 N–H and O–H groups in total. The smallest absolute Gasteiger partial charge is 0.147 e. The molecule has 0 atom stereocenters. The third-order valence-corrected chi connectivity index (χ3v) is 4.28. The molecule has 0 saturated heterocycles. The van der Waals surface area contributed by atoms with Crippen LogP contribution in [-0.2, 0) is 18.3 Å². The van der Waals surface area contributed by atoms with Gasteiger partial charge in [-0.15, -0.1) is 0 Å². The van der Waals surface area contributed by atoms with Crippen LogP contribution in [0.25, 0.3) is 0 Å². The predicted octanol–water partition coefficient (Wildman–Crippen LogP) is 1.83. The first-order chi connectivity index (χ1) is 8.68. The number of aryl methyl sites for hydroxylation is 1. The number of nitrogens with zero attached hydrogens (tertiary/aromatic N) is 2. The van der Waals surface area contributed by atoms with Crippen LogP contribution in [-0.4, -0.2) is 21.9 Å². The van der Waals surface area contributed by atoms with E-state index in [0.29, 0.717) is 13.0 Å². The normalized spacial score (nSPS) is 19.4. The minimum absolute atomic E-state index is 0.279. The molecule has 0 aromatic carbocycles. The molecular weight excluding hydrogens is 226 g/mol. The predicted molar refractivity (Wildman–Crippen MR) is 71.1 cm³/mol. The number of rotatable bonds is 4. The van der Waals surface area contributed by atoms with Gasteiger partial charge in [-0.3, -0.25) is 4.79 Å². The van der Waals surface area contributed by atoms with E-state index in [1.165, 1.54) is 12.8 Å². The Morgan fingerprint density at radius 2 is 2.06 bits per heavy atom. The minimum atomic E-state index is -0.289. The Bertz CT molecular complexity index is 403. The summed E-state index contributed by atoms with van der Waals surface area (Å²) in [6.45, 7) is 0.482. The van der Waals surface area contributed by atoms with Gasteiger partial charge >= 0.3 is 0 Å². The lowest BCUT2D eigenvalue weighted by Crippen LogP contribution is -2.39. The fraction of sp³-hybridized carbons (Fsp3) is 0.714. The molecule has 0 aliphatic heterocycles. The van der Waals surface area contributed by atoms with Crippen molar-refractivity contribution >= 4 is 5.78 Å². The molecule has 1 aliphatic carbocycles. The lowest BCUT2D eigenvalue weighted by molar-refractivity contribution is -0.128. The van der Waals surface area contributed by atoms with Gasteiger partial charge in [-0.05, 0) is 12.8 Å². The second-order valence-corrected chi connectivity index (χ2v) is 5.45. The summed E-state index contributed by atoms with van der Waals surface area (Å²) in [5.41, 5.74) is 5.64. The maximum atomic E-state index is 12.6. The lowest BCUT2D eigenvalue weighted by Gasteiger charge is -2.29. The van der Waals surface area contributed by atoms with Crippen molar-refractivity contribution < 1.29 is 4.79 Å². The van der Waals surface area contributed by atoms with Crippen molar-refractivity contribution in [3.63, 3.8) is 0 Å². The van der Waals surface area contributed by atoms with E-state index in [2.05, 4.69) is 4.98 Å². The highest BCUT2D eigenvalue weighted by atomic mass is 16.1. The minimum Gasteiger partial charge on any atom is -0.338 e. The van der Waals surface area contributed by atoms with Gasteiger partial charge in [-0.2, -0.15) is 0 Å². The van der Waals surface area contributed by atoms with E-state index in [9.17, 15) is 4.79 Å². The number of nitrogens with two attached hydrogens (primary N) is 1. The number of hydrogen-bond acceptors (Lipinski definition) is 3. The van der Waals surface area contributed by atoms with E-state index in [1.807, 2.05) is 17.8 Å². The van der Waals surface area contributed by atoms with Crippen LogP contribution in [0.2, 0.25) is 0 Å².